The van der Waals surface area contributed by atoms with Crippen LogP contribution in [0.3, 0.4) is 0 Å². The summed E-state index contributed by atoms with van der Waals surface area (Å²) >= 11 is 4.70. The molecule has 0 atom stereocenters. The Morgan fingerprint density at radius 1 is 1.45 bits per heavy atom. The van der Waals surface area contributed by atoms with E-state index in [1.54, 1.807) is 18.2 Å². The van der Waals surface area contributed by atoms with Crippen LogP contribution in [0.15, 0.2) is 41.6 Å². The van der Waals surface area contributed by atoms with Gasteiger partial charge in [-0.3, -0.25) is 9.82 Å². The first-order valence-electron chi connectivity index (χ1n) is 5.51. The minimum atomic E-state index is -3.69. The number of anilines is 1. The quantitative estimate of drug-likeness (QED) is 0.683. The lowest BCUT2D eigenvalue weighted by Crippen LogP contribution is -2.18. The summed E-state index contributed by atoms with van der Waals surface area (Å²) in [6, 6.07) is 7.81. The lowest BCUT2D eigenvalue weighted by Gasteiger charge is -2.09. The topological polar surface area (TPSA) is 110 Å². The Hall–Kier alpha value is -2.13. The van der Waals surface area contributed by atoms with Gasteiger partial charge < -0.3 is 10.5 Å². The number of H-pyrrole nitrogens is 1. The third kappa shape index (κ3) is 3.68. The van der Waals surface area contributed by atoms with Crippen LogP contribution in [0, 0.1) is 0 Å². The van der Waals surface area contributed by atoms with Crippen LogP contribution in [0.5, 0.6) is 5.75 Å². The van der Waals surface area contributed by atoms with Crippen LogP contribution < -0.4 is 15.2 Å². The Bertz CT molecular complexity index is 698. The van der Waals surface area contributed by atoms with Gasteiger partial charge in [0, 0.05) is 6.07 Å². The smallest absolute Gasteiger partial charge is 0.278 e. The third-order valence-electron chi connectivity index (χ3n) is 2.23. The zero-order valence-corrected chi connectivity index (χ0v) is 11.9. The first-order chi connectivity index (χ1) is 9.47. The summed E-state index contributed by atoms with van der Waals surface area (Å²) in [5, 5.41) is 5.97. The van der Waals surface area contributed by atoms with Gasteiger partial charge >= 0.3 is 0 Å². The monoisotopic (exact) mass is 312 g/mol. The summed E-state index contributed by atoms with van der Waals surface area (Å²) in [5.74, 6) is 0.461. The van der Waals surface area contributed by atoms with E-state index in [0.29, 0.717) is 11.4 Å². The molecule has 1 heterocycles. The number of hydrogen-bond acceptors (Lipinski definition) is 5. The molecule has 106 valence electrons. The highest BCUT2D eigenvalue weighted by atomic mass is 32.2. The average Bonchev–Trinajstić information content (AvgIpc) is 2.91. The average molecular weight is 312 g/mol. The third-order valence-corrected chi connectivity index (χ3v) is 3.66. The van der Waals surface area contributed by atoms with E-state index in [1.165, 1.54) is 18.3 Å². The molecule has 0 aliphatic carbocycles. The Kier molecular flexibility index (Phi) is 4.20. The fraction of sp³-hybridized carbons (Fsp3) is 0.0909. The van der Waals surface area contributed by atoms with Crippen LogP contribution in [0.1, 0.15) is 0 Å². The number of sulfonamides is 1. The van der Waals surface area contributed by atoms with E-state index in [9.17, 15) is 8.42 Å². The van der Waals surface area contributed by atoms with Crippen molar-refractivity contribution in [1.29, 1.82) is 0 Å². The number of benzene rings is 1. The molecule has 7 nitrogen and oxygen atoms in total. The van der Waals surface area contributed by atoms with E-state index < -0.39 is 10.0 Å². The van der Waals surface area contributed by atoms with E-state index in [-0.39, 0.29) is 16.6 Å². The molecule has 0 bridgehead atoms. The van der Waals surface area contributed by atoms with Crippen molar-refractivity contribution in [2.24, 2.45) is 5.73 Å². The Balaban J connectivity index is 2.14. The summed E-state index contributed by atoms with van der Waals surface area (Å²) in [6.45, 7) is 0.0894. The number of nitrogens with zero attached hydrogens (tertiary/aromatic N) is 1. The number of aromatic nitrogens is 2. The predicted molar refractivity (Wildman–Crippen MR) is 78.1 cm³/mol. The number of ether oxygens (including phenoxy) is 1. The lowest BCUT2D eigenvalue weighted by molar-refractivity contribution is 0.378. The number of aromatic amines is 1. The number of thiocarbonyl (C=S) groups is 1. The van der Waals surface area contributed by atoms with Crippen LogP contribution in [0.2, 0.25) is 0 Å². The molecule has 0 aliphatic heterocycles. The maximum Gasteiger partial charge on any atom is 0.278 e. The lowest BCUT2D eigenvalue weighted by atomic mass is 10.3. The van der Waals surface area contributed by atoms with Gasteiger partial charge in [0.05, 0.1) is 11.9 Å². The van der Waals surface area contributed by atoms with Gasteiger partial charge in [0.1, 0.15) is 17.3 Å². The molecule has 0 saturated heterocycles. The van der Waals surface area contributed by atoms with Gasteiger partial charge in [0.15, 0.2) is 5.03 Å². The molecule has 2 rings (SSSR count). The SMILES string of the molecule is NC(=S)COc1cccc(NS(=O)(=O)c2ccn[nH]2)c1. The summed E-state index contributed by atoms with van der Waals surface area (Å²) in [7, 11) is -3.69. The molecule has 0 fully saturated rings. The van der Waals surface area contributed by atoms with Crippen molar-refractivity contribution >= 4 is 32.9 Å². The van der Waals surface area contributed by atoms with Gasteiger partial charge in [-0.25, -0.2) is 0 Å². The highest BCUT2D eigenvalue weighted by Gasteiger charge is 2.15. The maximum atomic E-state index is 12.0. The maximum absolute atomic E-state index is 12.0. The fourth-order valence-corrected chi connectivity index (χ4v) is 2.43. The first kappa shape index (κ1) is 14.3. The zero-order valence-electron chi connectivity index (χ0n) is 10.2. The molecule has 0 unspecified atom stereocenters. The van der Waals surface area contributed by atoms with Crippen molar-refractivity contribution in [3.63, 3.8) is 0 Å². The van der Waals surface area contributed by atoms with Crippen molar-refractivity contribution in [3.8, 4) is 5.75 Å². The summed E-state index contributed by atoms with van der Waals surface area (Å²) in [6.07, 6.45) is 1.36. The molecule has 4 N–H and O–H groups in total. The van der Waals surface area contributed by atoms with E-state index in [0.717, 1.165) is 0 Å². The van der Waals surface area contributed by atoms with Crippen molar-refractivity contribution in [2.75, 3.05) is 11.3 Å². The fourth-order valence-electron chi connectivity index (χ4n) is 1.41. The minimum Gasteiger partial charge on any atom is -0.486 e. The van der Waals surface area contributed by atoms with Crippen LogP contribution in [-0.2, 0) is 10.0 Å². The highest BCUT2D eigenvalue weighted by molar-refractivity contribution is 7.92. The number of hydrogen-bond donors (Lipinski definition) is 3. The largest absolute Gasteiger partial charge is 0.486 e. The normalized spacial score (nSPS) is 11.0. The van der Waals surface area contributed by atoms with Crippen molar-refractivity contribution in [3.05, 3.63) is 36.5 Å². The Labute approximate surface area is 121 Å². The first-order valence-corrected chi connectivity index (χ1v) is 7.40. The molecular formula is C11H12N4O3S2. The standard InChI is InChI=1S/C11H12N4O3S2/c12-10(19)7-18-9-3-1-2-8(6-9)15-20(16,17)11-4-5-13-14-11/h1-6,15H,7H2,(H2,12,19)(H,13,14). The van der Waals surface area contributed by atoms with Crippen molar-refractivity contribution in [2.45, 2.75) is 5.03 Å². The van der Waals surface area contributed by atoms with Crippen LogP contribution in [0.4, 0.5) is 5.69 Å². The second-order valence-electron chi connectivity index (χ2n) is 3.81. The molecule has 0 aliphatic rings. The molecule has 1 aromatic heterocycles. The Morgan fingerprint density at radius 2 is 2.25 bits per heavy atom. The van der Waals surface area contributed by atoms with Gasteiger partial charge in [-0.1, -0.05) is 18.3 Å². The molecule has 0 saturated carbocycles. The second-order valence-corrected chi connectivity index (χ2v) is 5.98. The molecule has 0 amide bonds. The summed E-state index contributed by atoms with van der Waals surface area (Å²) < 4.78 is 31.6. The highest BCUT2D eigenvalue weighted by Crippen LogP contribution is 2.20. The summed E-state index contributed by atoms with van der Waals surface area (Å²) in [4.78, 5) is 0.216. The number of nitrogens with one attached hydrogen (secondary N) is 2. The van der Waals surface area contributed by atoms with Gasteiger partial charge in [-0.15, -0.1) is 0 Å². The van der Waals surface area contributed by atoms with E-state index >= 15 is 0 Å². The van der Waals surface area contributed by atoms with Gasteiger partial charge in [0.2, 0.25) is 0 Å². The van der Waals surface area contributed by atoms with Crippen LogP contribution >= 0.6 is 12.2 Å². The zero-order chi connectivity index (χ0) is 14.6. The molecule has 0 radical (unpaired) electrons. The molecule has 20 heavy (non-hydrogen) atoms. The van der Waals surface area contributed by atoms with E-state index in [1.807, 2.05) is 0 Å². The molecule has 1 aromatic carbocycles. The predicted octanol–water partition coefficient (Wildman–Crippen LogP) is 0.875. The number of nitrogens with two attached hydrogens (primary N) is 1. The van der Waals surface area contributed by atoms with Gasteiger partial charge in [0.25, 0.3) is 10.0 Å². The molecule has 9 heteroatoms. The van der Waals surface area contributed by atoms with Crippen molar-refractivity contribution < 1.29 is 13.2 Å². The minimum absolute atomic E-state index is 0.0213. The summed E-state index contributed by atoms with van der Waals surface area (Å²) in [5.41, 5.74) is 5.69. The molecule has 0 spiro atoms. The van der Waals surface area contributed by atoms with Crippen molar-refractivity contribution in [1.82, 2.24) is 10.2 Å². The van der Waals surface area contributed by atoms with E-state index in [4.69, 9.17) is 22.7 Å². The van der Waals surface area contributed by atoms with Gasteiger partial charge in [-0.05, 0) is 18.2 Å². The van der Waals surface area contributed by atoms with Crippen LogP contribution in [0.25, 0.3) is 0 Å². The molecular weight excluding hydrogens is 300 g/mol. The van der Waals surface area contributed by atoms with Gasteiger partial charge in [-0.2, -0.15) is 13.5 Å². The number of rotatable bonds is 6. The Morgan fingerprint density at radius 3 is 2.90 bits per heavy atom. The second kappa shape index (κ2) is 5.88. The van der Waals surface area contributed by atoms with Crippen LogP contribution in [-0.4, -0.2) is 30.2 Å². The molecule has 2 aromatic rings. The van der Waals surface area contributed by atoms with E-state index in [2.05, 4.69) is 14.9 Å².